The van der Waals surface area contributed by atoms with E-state index in [2.05, 4.69) is 25.5 Å². The number of hydrogen-bond donors (Lipinski definition) is 3. The molecular weight excluding hydrogens is 519 g/mol. The number of methoxy groups -OCH3 is 1. The van der Waals surface area contributed by atoms with Crippen molar-refractivity contribution >= 4 is 33.5 Å². The Morgan fingerprint density at radius 3 is 2.66 bits per heavy atom. The lowest BCUT2D eigenvalue weighted by molar-refractivity contribution is -0.117. The second-order valence-electron chi connectivity index (χ2n) is 11.2. The zero-order chi connectivity index (χ0) is 28.7. The molecule has 0 unspecified atom stereocenters. The number of ether oxygens (including phenoxy) is 1. The average molecular weight is 549 g/mol. The molecule has 206 valence electrons. The molecule has 0 spiro atoms. The van der Waals surface area contributed by atoms with E-state index in [4.69, 9.17) is 9.72 Å². The summed E-state index contributed by atoms with van der Waals surface area (Å²) in [4.78, 5) is 25.1. The number of pyridine rings is 2. The van der Waals surface area contributed by atoms with Gasteiger partial charge in [0.25, 0.3) is 0 Å². The summed E-state index contributed by atoms with van der Waals surface area (Å²) in [6.45, 7) is 6.07. The van der Waals surface area contributed by atoms with Crippen LogP contribution in [0.4, 0.5) is 10.1 Å². The summed E-state index contributed by atoms with van der Waals surface area (Å²) in [5, 5.41) is 11.5. The van der Waals surface area contributed by atoms with Crippen LogP contribution in [0.15, 0.2) is 73.1 Å². The van der Waals surface area contributed by atoms with E-state index in [1.54, 1.807) is 12.4 Å². The number of anilines is 1. The first kappa shape index (κ1) is 26.2. The fourth-order valence-corrected chi connectivity index (χ4v) is 4.95. The SMILES string of the molecule is COc1cc(F)cc(-c2cccc3[nH]c(-c4n[nH]c5ccc(-c6cncc(NC(=O)CC(C)(C)C)c6)nc45)cc23)c1. The highest BCUT2D eigenvalue weighted by molar-refractivity contribution is 6.00. The van der Waals surface area contributed by atoms with Gasteiger partial charge in [0.15, 0.2) is 0 Å². The van der Waals surface area contributed by atoms with Crippen LogP contribution in [0.5, 0.6) is 5.75 Å². The molecule has 6 rings (SSSR count). The van der Waals surface area contributed by atoms with Crippen LogP contribution in [0.1, 0.15) is 27.2 Å². The molecule has 0 fully saturated rings. The van der Waals surface area contributed by atoms with Crippen molar-refractivity contribution < 1.29 is 13.9 Å². The number of halogens is 1. The number of carbonyl (C=O) groups excluding carboxylic acids is 1. The number of benzene rings is 2. The van der Waals surface area contributed by atoms with Gasteiger partial charge >= 0.3 is 0 Å². The van der Waals surface area contributed by atoms with Crippen molar-refractivity contribution in [3.8, 4) is 39.5 Å². The minimum Gasteiger partial charge on any atom is -0.497 e. The molecule has 1 amide bonds. The van der Waals surface area contributed by atoms with Gasteiger partial charge in [0.1, 0.15) is 22.8 Å². The van der Waals surface area contributed by atoms with Gasteiger partial charge in [0, 0.05) is 35.2 Å². The summed E-state index contributed by atoms with van der Waals surface area (Å²) < 4.78 is 19.6. The Morgan fingerprint density at radius 2 is 1.85 bits per heavy atom. The molecule has 8 nitrogen and oxygen atoms in total. The summed E-state index contributed by atoms with van der Waals surface area (Å²) in [7, 11) is 1.52. The maximum atomic E-state index is 14.3. The van der Waals surface area contributed by atoms with E-state index in [1.807, 2.05) is 69.3 Å². The molecule has 0 aliphatic carbocycles. The molecule has 9 heteroatoms. The zero-order valence-electron chi connectivity index (χ0n) is 23.2. The number of carbonyl (C=O) groups is 1. The third-order valence-electron chi connectivity index (χ3n) is 6.75. The smallest absolute Gasteiger partial charge is 0.224 e. The average Bonchev–Trinajstić information content (AvgIpc) is 3.55. The van der Waals surface area contributed by atoms with E-state index in [0.717, 1.165) is 33.2 Å². The normalized spacial score (nSPS) is 11.7. The third-order valence-corrected chi connectivity index (χ3v) is 6.75. The lowest BCUT2D eigenvalue weighted by Gasteiger charge is -2.17. The van der Waals surface area contributed by atoms with Crippen LogP contribution >= 0.6 is 0 Å². The van der Waals surface area contributed by atoms with E-state index < -0.39 is 0 Å². The molecular formula is C32H29FN6O2. The lowest BCUT2D eigenvalue weighted by Crippen LogP contribution is -2.19. The molecule has 0 saturated heterocycles. The first-order valence-electron chi connectivity index (χ1n) is 13.2. The largest absolute Gasteiger partial charge is 0.497 e. The number of aromatic nitrogens is 5. The van der Waals surface area contributed by atoms with E-state index in [-0.39, 0.29) is 17.1 Å². The molecule has 41 heavy (non-hydrogen) atoms. The highest BCUT2D eigenvalue weighted by Gasteiger charge is 2.18. The molecule has 0 saturated carbocycles. The molecule has 0 aliphatic rings. The first-order chi connectivity index (χ1) is 19.7. The Bertz CT molecular complexity index is 1920. The van der Waals surface area contributed by atoms with Crippen molar-refractivity contribution in [1.82, 2.24) is 25.1 Å². The molecule has 6 aromatic rings. The topological polar surface area (TPSA) is 109 Å². The lowest BCUT2D eigenvalue weighted by atomic mass is 9.92. The molecule has 4 aromatic heterocycles. The molecule has 0 radical (unpaired) electrons. The third kappa shape index (κ3) is 5.38. The van der Waals surface area contributed by atoms with Crippen LogP contribution in [-0.2, 0) is 4.79 Å². The Labute approximate surface area is 236 Å². The van der Waals surface area contributed by atoms with Crippen LogP contribution in [0.25, 0.3) is 55.7 Å². The summed E-state index contributed by atoms with van der Waals surface area (Å²) in [5.74, 6) is 0.0245. The molecule has 0 bridgehead atoms. The summed E-state index contributed by atoms with van der Waals surface area (Å²) in [6.07, 6.45) is 3.75. The first-order valence-corrected chi connectivity index (χ1v) is 13.2. The van der Waals surface area contributed by atoms with Gasteiger partial charge in [-0.3, -0.25) is 14.9 Å². The number of fused-ring (bicyclic) bond motifs is 2. The molecule has 0 aliphatic heterocycles. The minimum atomic E-state index is -0.366. The predicted octanol–water partition coefficient (Wildman–Crippen LogP) is 7.36. The van der Waals surface area contributed by atoms with Crippen molar-refractivity contribution in [2.45, 2.75) is 27.2 Å². The van der Waals surface area contributed by atoms with Crippen molar-refractivity contribution in [1.29, 1.82) is 0 Å². The maximum absolute atomic E-state index is 14.3. The quantitative estimate of drug-likeness (QED) is 0.202. The number of hydrogen-bond acceptors (Lipinski definition) is 5. The molecule has 0 atom stereocenters. The number of nitrogens with zero attached hydrogens (tertiary/aromatic N) is 3. The van der Waals surface area contributed by atoms with Gasteiger partial charge in [-0.05, 0) is 59.0 Å². The van der Waals surface area contributed by atoms with Gasteiger partial charge in [0.2, 0.25) is 5.91 Å². The van der Waals surface area contributed by atoms with Gasteiger partial charge in [-0.25, -0.2) is 9.37 Å². The van der Waals surface area contributed by atoms with E-state index in [9.17, 15) is 9.18 Å². The molecule has 3 N–H and O–H groups in total. The fraction of sp³-hybridized carbons (Fsp3) is 0.188. The van der Waals surface area contributed by atoms with Gasteiger partial charge < -0.3 is 15.0 Å². The van der Waals surface area contributed by atoms with Gasteiger partial charge in [0.05, 0.1) is 35.9 Å². The number of amides is 1. The highest BCUT2D eigenvalue weighted by Crippen LogP contribution is 2.35. The standard InChI is InChI=1S/C32H29FN6O2/c1-32(2,3)15-29(40)35-21-11-19(16-34-17-21)25-8-9-27-30(37-25)31(39-38-27)28-14-24-23(6-5-7-26(24)36-28)18-10-20(33)13-22(12-18)41-4/h5-14,16-17,36H,15H2,1-4H3,(H,35,40)(H,38,39). The summed E-state index contributed by atoms with van der Waals surface area (Å²) in [6, 6.07) is 18.2. The van der Waals surface area contributed by atoms with Gasteiger partial charge in [-0.1, -0.05) is 32.9 Å². The molecule has 4 heterocycles. The van der Waals surface area contributed by atoms with Crippen molar-refractivity contribution in [2.75, 3.05) is 12.4 Å². The fourth-order valence-electron chi connectivity index (χ4n) is 4.95. The van der Waals surface area contributed by atoms with Gasteiger partial charge in [-0.2, -0.15) is 5.10 Å². The Hall–Kier alpha value is -5.05. The van der Waals surface area contributed by atoms with E-state index in [0.29, 0.717) is 40.3 Å². The second kappa shape index (κ2) is 10.2. The second-order valence-corrected chi connectivity index (χ2v) is 11.2. The highest BCUT2D eigenvalue weighted by atomic mass is 19.1. The van der Waals surface area contributed by atoms with E-state index >= 15 is 0 Å². The Morgan fingerprint density at radius 1 is 1.00 bits per heavy atom. The molecule has 2 aromatic carbocycles. The van der Waals surface area contributed by atoms with Crippen LogP contribution in [0.2, 0.25) is 0 Å². The number of H-pyrrole nitrogens is 2. The number of nitrogens with one attached hydrogen (secondary N) is 3. The van der Waals surface area contributed by atoms with Crippen LogP contribution in [0, 0.1) is 11.2 Å². The Balaban J connectivity index is 1.37. The van der Waals surface area contributed by atoms with Crippen molar-refractivity contribution in [3.05, 3.63) is 78.9 Å². The van der Waals surface area contributed by atoms with Crippen LogP contribution in [-0.4, -0.2) is 38.2 Å². The number of rotatable bonds is 6. The zero-order valence-corrected chi connectivity index (χ0v) is 23.2. The van der Waals surface area contributed by atoms with Crippen LogP contribution < -0.4 is 10.1 Å². The maximum Gasteiger partial charge on any atom is 0.224 e. The minimum absolute atomic E-state index is 0.0631. The summed E-state index contributed by atoms with van der Waals surface area (Å²) >= 11 is 0. The van der Waals surface area contributed by atoms with Crippen LogP contribution in [0.3, 0.4) is 0 Å². The van der Waals surface area contributed by atoms with Crippen molar-refractivity contribution in [3.63, 3.8) is 0 Å². The van der Waals surface area contributed by atoms with E-state index in [1.165, 1.54) is 19.2 Å². The number of aromatic amines is 2. The van der Waals surface area contributed by atoms with Gasteiger partial charge in [-0.15, -0.1) is 0 Å². The summed E-state index contributed by atoms with van der Waals surface area (Å²) in [5.41, 5.74) is 7.32. The van der Waals surface area contributed by atoms with Crippen molar-refractivity contribution in [2.24, 2.45) is 5.41 Å². The predicted molar refractivity (Wildman–Crippen MR) is 159 cm³/mol. The Kier molecular flexibility index (Phi) is 6.49. The monoisotopic (exact) mass is 548 g/mol.